The number of imidazole rings is 1. The molecule has 3 unspecified atom stereocenters. The number of nitrogen functional groups attached to an aromatic ring is 2. The molecule has 3 saturated heterocycles. The van der Waals surface area contributed by atoms with Gasteiger partial charge >= 0.3 is 6.72 Å². The molecule has 0 saturated carbocycles. The van der Waals surface area contributed by atoms with E-state index in [1.807, 2.05) is 0 Å². The van der Waals surface area contributed by atoms with Crippen molar-refractivity contribution in [1.82, 2.24) is 34.1 Å². The number of nitrogens with two attached hydrogens (primary N) is 2. The zero-order valence-corrected chi connectivity index (χ0v) is 23.7. The number of fused-ring (bicyclic) bond motifs is 5. The Morgan fingerprint density at radius 3 is 2.88 bits per heavy atom. The van der Waals surface area contributed by atoms with Gasteiger partial charge in [0, 0.05) is 27.3 Å². The average molecular weight is 627 g/mol. The third kappa shape index (κ3) is 4.82. The second-order valence-corrected chi connectivity index (χ2v) is 13.5. The van der Waals surface area contributed by atoms with Crippen LogP contribution in [0, 0.1) is 5.92 Å². The summed E-state index contributed by atoms with van der Waals surface area (Å²) < 4.78 is 48.7. The molecule has 3 aliphatic heterocycles. The Labute approximate surface area is 236 Å². The highest BCUT2D eigenvalue weighted by Crippen LogP contribution is 2.52. The summed E-state index contributed by atoms with van der Waals surface area (Å²) in [6.45, 7) is -4.11. The summed E-state index contributed by atoms with van der Waals surface area (Å²) in [4.78, 5) is 42.1. The van der Waals surface area contributed by atoms with Gasteiger partial charge in [0.05, 0.1) is 24.4 Å². The molecule has 0 aliphatic carbocycles. The number of H-pyrrole nitrogens is 1. The van der Waals surface area contributed by atoms with E-state index in [0.717, 1.165) is 0 Å². The Morgan fingerprint density at radius 1 is 1.17 bits per heavy atom. The van der Waals surface area contributed by atoms with Gasteiger partial charge in [0.15, 0.2) is 36.1 Å². The van der Waals surface area contributed by atoms with Crippen LogP contribution in [0.2, 0.25) is 0 Å². The zero-order valence-electron chi connectivity index (χ0n) is 20.9. The molecule has 41 heavy (non-hydrogen) atoms. The molecule has 3 aliphatic rings. The molecule has 2 bridgehead atoms. The van der Waals surface area contributed by atoms with E-state index in [-0.39, 0.29) is 50.9 Å². The van der Waals surface area contributed by atoms with Crippen LogP contribution in [0.25, 0.3) is 22.2 Å². The average Bonchev–Trinajstić information content (AvgIpc) is 3.68. The van der Waals surface area contributed by atoms with E-state index in [2.05, 4.69) is 24.9 Å². The summed E-state index contributed by atoms with van der Waals surface area (Å²) >= 11 is 5.31. The number of anilines is 2. The maximum atomic E-state index is 16.0. The number of aromatic amines is 1. The Morgan fingerprint density at radius 2 is 2.02 bits per heavy atom. The first kappa shape index (κ1) is 27.2. The van der Waals surface area contributed by atoms with Gasteiger partial charge in [0.25, 0.3) is 5.56 Å². The van der Waals surface area contributed by atoms with Crippen LogP contribution in [0.5, 0.6) is 0 Å². The molecule has 9 atom stereocenters. The first-order valence-electron chi connectivity index (χ1n) is 12.5. The number of ether oxygens (including phenoxy) is 2. The molecule has 0 radical (unpaired) electrons. The summed E-state index contributed by atoms with van der Waals surface area (Å²) in [6.07, 6.45) is -1.08. The predicted octanol–water partition coefficient (Wildman–Crippen LogP) is 1.07. The van der Waals surface area contributed by atoms with E-state index >= 15 is 4.39 Å². The maximum Gasteiger partial charge on any atom is 0.325 e. The van der Waals surface area contributed by atoms with Crippen molar-refractivity contribution >= 4 is 61.3 Å². The first-order valence-corrected chi connectivity index (χ1v) is 16.2. The molecule has 7 heterocycles. The summed E-state index contributed by atoms with van der Waals surface area (Å²) in [6, 6.07) is 1.70. The van der Waals surface area contributed by atoms with Crippen LogP contribution >= 0.6 is 15.5 Å². The Hall–Kier alpha value is -2.66. The lowest BCUT2D eigenvalue weighted by molar-refractivity contribution is -0.0998. The smallest absolute Gasteiger partial charge is 0.325 e. The van der Waals surface area contributed by atoms with E-state index in [1.165, 1.54) is 17.2 Å². The fraction of sp³-hybridized carbons (Fsp3) is 0.476. The molecule has 3 fully saturated rings. The van der Waals surface area contributed by atoms with Crippen LogP contribution in [-0.4, -0.2) is 76.4 Å². The van der Waals surface area contributed by atoms with Crippen LogP contribution in [0.1, 0.15) is 18.9 Å². The highest BCUT2D eigenvalue weighted by atomic mass is 32.5. The fourth-order valence-corrected chi connectivity index (χ4v) is 7.91. The molecule has 0 aromatic carbocycles. The van der Waals surface area contributed by atoms with Crippen LogP contribution in [0.15, 0.2) is 29.7 Å². The van der Waals surface area contributed by atoms with Crippen molar-refractivity contribution in [2.75, 3.05) is 24.2 Å². The summed E-state index contributed by atoms with van der Waals surface area (Å²) in [7, 11) is -0.163. The van der Waals surface area contributed by atoms with Crippen molar-refractivity contribution in [1.29, 1.82) is 0 Å². The van der Waals surface area contributed by atoms with Crippen molar-refractivity contribution in [3.8, 4) is 0 Å². The Bertz CT molecular complexity index is 1740. The van der Waals surface area contributed by atoms with Gasteiger partial charge in [-0.15, -0.1) is 0 Å². The number of nitrogens with one attached hydrogen (secondary N) is 1. The minimum Gasteiger partial charge on any atom is -0.383 e. The van der Waals surface area contributed by atoms with Gasteiger partial charge in [0.1, 0.15) is 23.9 Å². The molecule has 0 spiro atoms. The maximum absolute atomic E-state index is 16.0. The minimum atomic E-state index is -3.89. The summed E-state index contributed by atoms with van der Waals surface area (Å²) in [5.74, 6) is -0.494. The molecule has 218 valence electrons. The molecule has 0 amide bonds. The Balaban J connectivity index is 1.15. The van der Waals surface area contributed by atoms with E-state index < -0.39 is 55.3 Å². The molecule has 4 aromatic heterocycles. The van der Waals surface area contributed by atoms with Gasteiger partial charge in [-0.1, -0.05) is 0 Å². The monoisotopic (exact) mass is 627 g/mol. The van der Waals surface area contributed by atoms with Gasteiger partial charge in [0.2, 0.25) is 5.95 Å². The molecule has 16 nitrogen and oxygen atoms in total. The summed E-state index contributed by atoms with van der Waals surface area (Å²) in [5.41, 5.74) is 11.8. The topological polar surface area (TPSA) is 213 Å². The van der Waals surface area contributed by atoms with Gasteiger partial charge < -0.3 is 44.0 Å². The SMILES string of the molecule is Nc1nc2c(ncn2[C@@H]2OC3C[C@H]2OP(O)(=S)OC[C@H]2O[C@@H](n4ccc5c(N)ncnc54)[C@@H](F)[C@@H]2CPO3)c(=O)[nH]1. The number of nitrogens with zero attached hydrogens (tertiary/aromatic N) is 6. The standard InChI is InChI=1S/C21H24FN9O7P2S/c22-13-9-5-39-37-12-3-10(19(36-12)31-7-27-14-17(31)28-21(24)29-18(14)32)38-40(33,41)34-4-11(9)35-20(13)30-2-1-8-15(23)25-6-26-16(8)30/h1-2,6-7,9-13,19-20,39H,3-5H2,(H,33,41)(H2,23,25,26)(H3,24,28,29,32)/t9-,10-,11-,12?,13+,19-,20-,40?/m1/s1. The van der Waals surface area contributed by atoms with E-state index in [9.17, 15) is 9.69 Å². The largest absolute Gasteiger partial charge is 0.383 e. The lowest BCUT2D eigenvalue weighted by atomic mass is 10.0. The minimum absolute atomic E-state index is 0.0449. The highest BCUT2D eigenvalue weighted by Gasteiger charge is 2.48. The number of alkyl halides is 1. The van der Waals surface area contributed by atoms with Crippen LogP contribution in [0.4, 0.5) is 16.2 Å². The second-order valence-electron chi connectivity index (χ2n) is 9.73. The van der Waals surface area contributed by atoms with Crippen LogP contribution in [0.3, 0.4) is 0 Å². The van der Waals surface area contributed by atoms with E-state index in [0.29, 0.717) is 11.0 Å². The fourth-order valence-electron chi connectivity index (χ4n) is 5.35. The van der Waals surface area contributed by atoms with Crippen molar-refractivity contribution in [3.63, 3.8) is 0 Å². The normalized spacial score (nSPS) is 35.0. The number of halogens is 1. The summed E-state index contributed by atoms with van der Waals surface area (Å²) in [5, 5.41) is 0.575. The van der Waals surface area contributed by atoms with Crippen LogP contribution in [-0.2, 0) is 34.9 Å². The lowest BCUT2D eigenvalue weighted by Crippen LogP contribution is -2.29. The molecular formula is C21H24FN9O7P2S. The van der Waals surface area contributed by atoms with Crippen molar-refractivity contribution < 1.29 is 32.3 Å². The van der Waals surface area contributed by atoms with Gasteiger partial charge in [-0.25, -0.2) is 19.3 Å². The molecular weight excluding hydrogens is 603 g/mol. The Kier molecular flexibility index (Phi) is 6.80. The number of rotatable bonds is 2. The number of hydrogen-bond donors (Lipinski definition) is 4. The molecule has 4 aromatic rings. The number of aromatic nitrogens is 7. The van der Waals surface area contributed by atoms with Gasteiger partial charge in [-0.2, -0.15) is 4.98 Å². The van der Waals surface area contributed by atoms with Gasteiger partial charge in [-0.05, 0) is 24.0 Å². The van der Waals surface area contributed by atoms with E-state index in [1.54, 1.807) is 16.8 Å². The quantitative estimate of drug-likeness (QED) is 0.229. The zero-order chi connectivity index (χ0) is 28.5. The third-order valence-corrected chi connectivity index (χ3v) is 9.91. The number of hydrogen-bond acceptors (Lipinski definition) is 13. The first-order chi connectivity index (χ1) is 19.7. The highest BCUT2D eigenvalue weighted by molar-refractivity contribution is 8.07. The van der Waals surface area contributed by atoms with Crippen molar-refractivity contribution in [3.05, 3.63) is 35.3 Å². The lowest BCUT2D eigenvalue weighted by Gasteiger charge is -2.26. The third-order valence-electron chi connectivity index (χ3n) is 7.25. The predicted molar refractivity (Wildman–Crippen MR) is 147 cm³/mol. The van der Waals surface area contributed by atoms with Crippen LogP contribution < -0.4 is 17.0 Å². The van der Waals surface area contributed by atoms with E-state index in [4.69, 9.17) is 46.3 Å². The van der Waals surface area contributed by atoms with Crippen molar-refractivity contribution in [2.45, 2.75) is 43.5 Å². The second kappa shape index (κ2) is 10.3. The van der Waals surface area contributed by atoms with Crippen molar-refractivity contribution in [2.24, 2.45) is 5.92 Å². The molecule has 20 heteroatoms. The molecule has 6 N–H and O–H groups in total. The molecule has 7 rings (SSSR count). The van der Waals surface area contributed by atoms with Gasteiger partial charge in [-0.3, -0.25) is 14.3 Å².